The summed E-state index contributed by atoms with van der Waals surface area (Å²) in [6.07, 6.45) is 0. The Kier molecular flexibility index (Phi) is 4.60. The zero-order chi connectivity index (χ0) is 13.0. The van der Waals surface area contributed by atoms with Crippen LogP contribution in [-0.2, 0) is 11.9 Å². The molecular weight excluding hydrogens is 314 g/mol. The van der Waals surface area contributed by atoms with Gasteiger partial charge in [-0.1, -0.05) is 22.0 Å². The van der Waals surface area contributed by atoms with Gasteiger partial charge >= 0.3 is 0 Å². The van der Waals surface area contributed by atoms with Crippen LogP contribution in [0.1, 0.15) is 16.3 Å². The van der Waals surface area contributed by atoms with E-state index in [9.17, 15) is 0 Å². The highest BCUT2D eigenvalue weighted by atomic mass is 79.9. The first-order valence-corrected chi connectivity index (χ1v) is 7.49. The molecule has 0 aliphatic rings. The van der Waals surface area contributed by atoms with Crippen molar-refractivity contribution >= 4 is 27.3 Å². The lowest BCUT2D eigenvalue weighted by Gasteiger charge is -2.10. The van der Waals surface area contributed by atoms with Crippen molar-refractivity contribution in [2.24, 2.45) is 0 Å². The predicted molar refractivity (Wildman–Crippen MR) is 76.8 cm³/mol. The van der Waals surface area contributed by atoms with E-state index in [4.69, 9.17) is 9.47 Å². The minimum absolute atomic E-state index is 0.473. The van der Waals surface area contributed by atoms with Crippen LogP contribution >= 0.6 is 27.3 Å². The third-order valence-electron chi connectivity index (χ3n) is 2.40. The molecule has 1 aromatic heterocycles. The Morgan fingerprint density at radius 3 is 2.78 bits per heavy atom. The number of ether oxygens (including phenoxy) is 2. The molecule has 0 saturated heterocycles. The van der Waals surface area contributed by atoms with Crippen molar-refractivity contribution in [1.29, 1.82) is 0 Å². The van der Waals surface area contributed by atoms with Crippen molar-refractivity contribution < 1.29 is 9.47 Å². The third kappa shape index (κ3) is 3.23. The molecule has 0 amide bonds. The van der Waals surface area contributed by atoms with Gasteiger partial charge in [0.1, 0.15) is 11.6 Å². The predicted octanol–water partition coefficient (Wildman–Crippen LogP) is 3.93. The quantitative estimate of drug-likeness (QED) is 0.779. The van der Waals surface area contributed by atoms with Gasteiger partial charge in [0.15, 0.2) is 11.5 Å². The molecule has 0 spiro atoms. The van der Waals surface area contributed by atoms with Gasteiger partial charge in [0.2, 0.25) is 0 Å². The molecule has 1 aromatic carbocycles. The molecule has 0 atom stereocenters. The maximum atomic E-state index is 5.77. The van der Waals surface area contributed by atoms with Crippen LogP contribution in [0.5, 0.6) is 11.5 Å². The topological polar surface area (TPSA) is 31.4 Å². The third-order valence-corrected chi connectivity index (χ3v) is 3.99. The van der Waals surface area contributed by atoms with Crippen molar-refractivity contribution in [3.05, 3.63) is 39.8 Å². The Labute approximate surface area is 119 Å². The van der Waals surface area contributed by atoms with Gasteiger partial charge in [0, 0.05) is 16.4 Å². The highest BCUT2D eigenvalue weighted by Gasteiger charge is 2.07. The number of aromatic nitrogens is 1. The largest absolute Gasteiger partial charge is 0.493 e. The van der Waals surface area contributed by atoms with Crippen LogP contribution in [0.3, 0.4) is 0 Å². The first kappa shape index (κ1) is 13.4. The highest BCUT2D eigenvalue weighted by molar-refractivity contribution is 9.08. The van der Waals surface area contributed by atoms with Gasteiger partial charge in [-0.15, -0.1) is 11.3 Å². The van der Waals surface area contributed by atoms with Gasteiger partial charge in [-0.25, -0.2) is 4.98 Å². The Balaban J connectivity index is 2.11. The zero-order valence-corrected chi connectivity index (χ0v) is 12.7. The molecule has 0 unspecified atom stereocenters. The number of hydrogen-bond donors (Lipinski definition) is 0. The summed E-state index contributed by atoms with van der Waals surface area (Å²) >= 11 is 5.04. The number of nitrogens with zero attached hydrogens (tertiary/aromatic N) is 1. The van der Waals surface area contributed by atoms with Gasteiger partial charge in [0.05, 0.1) is 7.11 Å². The fourth-order valence-corrected chi connectivity index (χ4v) is 2.56. The van der Waals surface area contributed by atoms with Crippen molar-refractivity contribution in [2.45, 2.75) is 18.9 Å². The molecule has 0 saturated carbocycles. The summed E-state index contributed by atoms with van der Waals surface area (Å²) < 4.78 is 11.1. The van der Waals surface area contributed by atoms with Crippen LogP contribution in [0.15, 0.2) is 23.6 Å². The van der Waals surface area contributed by atoms with Crippen molar-refractivity contribution in [3.8, 4) is 11.5 Å². The second-order valence-corrected chi connectivity index (χ2v) is 5.29. The van der Waals surface area contributed by atoms with Crippen LogP contribution in [0.4, 0.5) is 0 Å². The van der Waals surface area contributed by atoms with Crippen LogP contribution in [-0.4, -0.2) is 12.1 Å². The Hall–Kier alpha value is -1.07. The second-order valence-electron chi connectivity index (χ2n) is 3.79. The van der Waals surface area contributed by atoms with E-state index in [0.29, 0.717) is 6.61 Å². The van der Waals surface area contributed by atoms with E-state index in [2.05, 4.69) is 20.9 Å². The molecule has 18 heavy (non-hydrogen) atoms. The summed E-state index contributed by atoms with van der Waals surface area (Å²) in [5.41, 5.74) is 2.18. The normalized spacial score (nSPS) is 10.4. The van der Waals surface area contributed by atoms with Crippen molar-refractivity contribution in [1.82, 2.24) is 4.98 Å². The summed E-state index contributed by atoms with van der Waals surface area (Å²) in [6, 6.07) is 5.90. The number of aryl methyl sites for hydroxylation is 1. The summed E-state index contributed by atoms with van der Waals surface area (Å²) in [7, 11) is 1.64. The van der Waals surface area contributed by atoms with E-state index >= 15 is 0 Å². The molecule has 0 bridgehead atoms. The lowest BCUT2D eigenvalue weighted by atomic mass is 10.2. The summed E-state index contributed by atoms with van der Waals surface area (Å²) in [5, 5.41) is 3.79. The number of hydrogen-bond acceptors (Lipinski definition) is 4. The second kappa shape index (κ2) is 6.20. The number of methoxy groups -OCH3 is 1. The molecule has 0 aliphatic carbocycles. The number of halogens is 1. The van der Waals surface area contributed by atoms with Gasteiger partial charge in [-0.05, 0) is 24.6 Å². The standard InChI is InChI=1S/C13H14BrNO2S/c1-9-8-18-13(15-9)7-17-12-5-10(6-14)3-4-11(12)16-2/h3-5,8H,6-7H2,1-2H3. The van der Waals surface area contributed by atoms with Crippen molar-refractivity contribution in [3.63, 3.8) is 0 Å². The first-order chi connectivity index (χ1) is 8.72. The van der Waals surface area contributed by atoms with E-state index in [1.54, 1.807) is 18.4 Å². The Bertz CT molecular complexity index is 527. The lowest BCUT2D eigenvalue weighted by molar-refractivity contribution is 0.283. The molecule has 0 fully saturated rings. The maximum Gasteiger partial charge on any atom is 0.162 e. The van der Waals surface area contributed by atoms with Gasteiger partial charge in [-0.3, -0.25) is 0 Å². The summed E-state index contributed by atoms with van der Waals surface area (Å²) in [5.74, 6) is 1.50. The van der Waals surface area contributed by atoms with Gasteiger partial charge in [-0.2, -0.15) is 0 Å². The molecule has 1 heterocycles. The molecule has 0 N–H and O–H groups in total. The zero-order valence-electron chi connectivity index (χ0n) is 10.3. The number of thiazole rings is 1. The molecule has 2 rings (SSSR count). The smallest absolute Gasteiger partial charge is 0.162 e. The van der Waals surface area contributed by atoms with E-state index in [0.717, 1.165) is 33.1 Å². The Morgan fingerprint density at radius 1 is 1.33 bits per heavy atom. The van der Waals surface area contributed by atoms with E-state index in [-0.39, 0.29) is 0 Å². The molecule has 2 aromatic rings. The average Bonchev–Trinajstić information content (AvgIpc) is 2.81. The minimum atomic E-state index is 0.473. The molecule has 0 radical (unpaired) electrons. The summed E-state index contributed by atoms with van der Waals surface area (Å²) in [4.78, 5) is 4.37. The van der Waals surface area contributed by atoms with Crippen LogP contribution in [0, 0.1) is 6.92 Å². The molecular formula is C13H14BrNO2S. The number of alkyl halides is 1. The van der Waals surface area contributed by atoms with Gasteiger partial charge in [0.25, 0.3) is 0 Å². The highest BCUT2D eigenvalue weighted by Crippen LogP contribution is 2.29. The number of benzene rings is 1. The fourth-order valence-electron chi connectivity index (χ4n) is 1.53. The van der Waals surface area contributed by atoms with Crippen molar-refractivity contribution in [2.75, 3.05) is 7.11 Å². The fraction of sp³-hybridized carbons (Fsp3) is 0.308. The molecule has 0 aliphatic heterocycles. The van der Waals surface area contributed by atoms with Gasteiger partial charge < -0.3 is 9.47 Å². The van der Waals surface area contributed by atoms with Crippen LogP contribution < -0.4 is 9.47 Å². The molecule has 3 nitrogen and oxygen atoms in total. The Morgan fingerprint density at radius 2 is 2.17 bits per heavy atom. The SMILES string of the molecule is COc1ccc(CBr)cc1OCc1nc(C)cs1. The number of rotatable bonds is 5. The molecule has 96 valence electrons. The van der Waals surface area contributed by atoms with E-state index < -0.39 is 0 Å². The van der Waals surface area contributed by atoms with Crippen LogP contribution in [0.2, 0.25) is 0 Å². The average molecular weight is 328 g/mol. The molecule has 5 heteroatoms. The summed E-state index contributed by atoms with van der Waals surface area (Å²) in [6.45, 7) is 2.45. The maximum absolute atomic E-state index is 5.77. The first-order valence-electron chi connectivity index (χ1n) is 5.49. The lowest BCUT2D eigenvalue weighted by Crippen LogP contribution is -1.98. The van der Waals surface area contributed by atoms with Crippen LogP contribution in [0.25, 0.3) is 0 Å². The van der Waals surface area contributed by atoms with E-state index in [1.165, 1.54) is 0 Å². The minimum Gasteiger partial charge on any atom is -0.493 e. The van der Waals surface area contributed by atoms with E-state index in [1.807, 2.05) is 30.5 Å². The monoisotopic (exact) mass is 327 g/mol.